The van der Waals surface area contributed by atoms with Gasteiger partial charge < -0.3 is 34.4 Å². The first-order chi connectivity index (χ1) is 23.0. The molecule has 1 fully saturated rings. The first-order valence-corrected chi connectivity index (χ1v) is 17.0. The maximum Gasteiger partial charge on any atom is 0.305 e. The lowest BCUT2D eigenvalue weighted by atomic mass is 9.86. The molecule has 4 unspecified atom stereocenters. The Hall–Kier alpha value is -3.83. The third-order valence-corrected chi connectivity index (χ3v) is 10.4. The van der Waals surface area contributed by atoms with E-state index in [-0.39, 0.29) is 31.0 Å². The maximum absolute atomic E-state index is 12.2. The first kappa shape index (κ1) is 34.0. The minimum atomic E-state index is -0.627. The number of hydrogen-bond acceptors (Lipinski definition) is 8. The average Bonchev–Trinajstić information content (AvgIpc) is 3.76. The predicted octanol–water partition coefficient (Wildman–Crippen LogP) is 6.58. The summed E-state index contributed by atoms with van der Waals surface area (Å²) in [5.74, 6) is -0.153. The number of aryl methyl sites for hydroxylation is 3. The topological polar surface area (TPSA) is 143 Å². The van der Waals surface area contributed by atoms with Crippen molar-refractivity contribution in [1.29, 1.82) is 0 Å². The fraction of sp³-hybridized carbons (Fsp3) is 0.500. The van der Waals surface area contributed by atoms with Crippen LogP contribution in [0.4, 0.5) is 0 Å². The highest BCUT2D eigenvalue weighted by molar-refractivity contribution is 5.85. The Labute approximate surface area is 281 Å². The number of esters is 1. The average molecular weight is 657 g/mol. The first-order valence-electron chi connectivity index (χ1n) is 17.0. The second-order valence-corrected chi connectivity index (χ2v) is 13.5. The quantitative estimate of drug-likeness (QED) is 0.199. The van der Waals surface area contributed by atoms with Gasteiger partial charge in [0.25, 0.3) is 0 Å². The van der Waals surface area contributed by atoms with Crippen LogP contribution in [0.5, 0.6) is 0 Å². The molecule has 8 bridgehead atoms. The van der Waals surface area contributed by atoms with Crippen LogP contribution in [0.3, 0.4) is 0 Å². The summed E-state index contributed by atoms with van der Waals surface area (Å²) in [4.78, 5) is 29.9. The van der Waals surface area contributed by atoms with Gasteiger partial charge >= 0.3 is 5.97 Å². The molecule has 0 saturated carbocycles. The van der Waals surface area contributed by atoms with Crippen LogP contribution in [0.2, 0.25) is 0 Å². The SMILES string of the molecule is CCc1c(C)c2cc3[nH]c(cc4nc(c(C)c5nc(cc1[nH]2)C(C)=C5)[C@@H](CCC(=O)OC)C4C)c(C)c3COC1CC(O)CC(CO)O1. The number of allylic oxidation sites excluding steroid dienone is 1. The number of aromatic amines is 2. The number of carbonyl (C=O) groups excluding carboxylic acids is 1. The Morgan fingerprint density at radius 2 is 1.69 bits per heavy atom. The van der Waals surface area contributed by atoms with Gasteiger partial charge in [0, 0.05) is 70.1 Å². The summed E-state index contributed by atoms with van der Waals surface area (Å²) < 4.78 is 17.2. The zero-order valence-electron chi connectivity index (χ0n) is 29.1. The molecule has 256 valence electrons. The summed E-state index contributed by atoms with van der Waals surface area (Å²) in [6, 6.07) is 6.40. The molecule has 0 aromatic carbocycles. The Bertz CT molecular complexity index is 1910. The third-order valence-electron chi connectivity index (χ3n) is 10.4. The third kappa shape index (κ3) is 6.59. The number of aliphatic hydroxyl groups is 2. The van der Waals surface area contributed by atoms with Crippen LogP contribution >= 0.6 is 0 Å². The van der Waals surface area contributed by atoms with Gasteiger partial charge in [0.2, 0.25) is 0 Å². The normalized spacial score (nSPS) is 22.5. The van der Waals surface area contributed by atoms with Gasteiger partial charge in [-0.3, -0.25) is 9.78 Å². The van der Waals surface area contributed by atoms with Crippen molar-refractivity contribution in [2.45, 2.75) is 111 Å². The Kier molecular flexibility index (Phi) is 9.90. The molecule has 0 amide bonds. The number of nitrogens with zero attached hydrogens (tertiary/aromatic N) is 2. The highest BCUT2D eigenvalue weighted by Gasteiger charge is 2.32. The fourth-order valence-corrected chi connectivity index (χ4v) is 7.37. The number of fused-ring (bicyclic) bond motifs is 8. The van der Waals surface area contributed by atoms with E-state index in [0.29, 0.717) is 25.7 Å². The standard InChI is InChI=1S/C38H48N4O6/c1-8-26-20(3)32-16-35-28(18-47-37-13-24(44)12-25(17-43)48-37)22(5)31(41-35)15-33-21(4)27(9-10-36(45)46-7)38(42-33)23(6)30-11-19(2)29(39-30)14-34(26)40-32/h11,14-16,21,24-25,27,37,40-41,43-44H,8-10,12-13,17-18H2,1-7H3/t21?,24?,25?,27-,37?/m0/s1. The molecule has 3 aliphatic rings. The molecule has 1 saturated heterocycles. The van der Waals surface area contributed by atoms with E-state index >= 15 is 0 Å². The number of hydrogen-bond donors (Lipinski definition) is 4. The van der Waals surface area contributed by atoms with Gasteiger partial charge in [0.1, 0.15) is 0 Å². The van der Waals surface area contributed by atoms with E-state index in [1.54, 1.807) is 0 Å². The molecule has 5 atom stereocenters. The van der Waals surface area contributed by atoms with E-state index < -0.39 is 18.5 Å². The van der Waals surface area contributed by atoms with Gasteiger partial charge in [-0.15, -0.1) is 0 Å². The largest absolute Gasteiger partial charge is 0.469 e. The van der Waals surface area contributed by atoms with Crippen molar-refractivity contribution in [3.8, 4) is 0 Å². The van der Waals surface area contributed by atoms with E-state index in [1.165, 1.54) is 18.2 Å². The molecule has 0 spiro atoms. The van der Waals surface area contributed by atoms with Crippen LogP contribution < -0.4 is 0 Å². The summed E-state index contributed by atoms with van der Waals surface area (Å²) in [5, 5.41) is 20.0. The fourth-order valence-electron chi connectivity index (χ4n) is 7.37. The summed E-state index contributed by atoms with van der Waals surface area (Å²) in [6.07, 6.45) is 2.98. The van der Waals surface area contributed by atoms with Crippen molar-refractivity contribution >= 4 is 39.7 Å². The van der Waals surface area contributed by atoms with E-state index in [1.807, 2.05) is 0 Å². The molecular formula is C38H48N4O6. The van der Waals surface area contributed by atoms with Gasteiger partial charge in [0.15, 0.2) is 6.29 Å². The van der Waals surface area contributed by atoms with Gasteiger partial charge in [-0.1, -0.05) is 13.8 Å². The van der Waals surface area contributed by atoms with Crippen molar-refractivity contribution in [2.75, 3.05) is 13.7 Å². The van der Waals surface area contributed by atoms with E-state index in [0.717, 1.165) is 73.5 Å². The highest BCUT2D eigenvalue weighted by atomic mass is 16.7. The molecule has 0 aliphatic carbocycles. The summed E-state index contributed by atoms with van der Waals surface area (Å²) in [7, 11) is 1.43. The molecular weight excluding hydrogens is 608 g/mol. The smallest absolute Gasteiger partial charge is 0.305 e. The number of nitrogens with one attached hydrogen (secondary N) is 2. The minimum absolute atomic E-state index is 0.0220. The number of ether oxygens (including phenoxy) is 3. The van der Waals surface area contributed by atoms with Crippen LogP contribution in [0, 0.1) is 20.8 Å². The molecule has 0 radical (unpaired) electrons. The number of aromatic nitrogens is 4. The van der Waals surface area contributed by atoms with Gasteiger partial charge in [0.05, 0.1) is 43.9 Å². The number of carbonyl (C=O) groups is 1. The lowest BCUT2D eigenvalue weighted by Gasteiger charge is -2.32. The van der Waals surface area contributed by atoms with Gasteiger partial charge in [-0.05, 0) is 92.6 Å². The van der Waals surface area contributed by atoms with E-state index in [2.05, 4.69) is 75.8 Å². The van der Waals surface area contributed by atoms with Crippen molar-refractivity contribution in [3.05, 3.63) is 68.8 Å². The molecule has 10 nitrogen and oxygen atoms in total. The van der Waals surface area contributed by atoms with Gasteiger partial charge in [-0.2, -0.15) is 0 Å². The summed E-state index contributed by atoms with van der Waals surface area (Å²) in [5.41, 5.74) is 14.1. The zero-order valence-corrected chi connectivity index (χ0v) is 29.1. The van der Waals surface area contributed by atoms with Crippen LogP contribution in [-0.2, 0) is 32.0 Å². The lowest BCUT2D eigenvalue weighted by molar-refractivity contribution is -0.226. The van der Waals surface area contributed by atoms with Crippen LogP contribution in [0.1, 0.15) is 109 Å². The lowest BCUT2D eigenvalue weighted by Crippen LogP contribution is -2.38. The van der Waals surface area contributed by atoms with Crippen molar-refractivity contribution in [2.24, 2.45) is 0 Å². The van der Waals surface area contributed by atoms with Crippen molar-refractivity contribution in [3.63, 3.8) is 0 Å². The summed E-state index contributed by atoms with van der Waals surface area (Å²) in [6.45, 7) is 12.8. The second kappa shape index (κ2) is 14.0. The highest BCUT2D eigenvalue weighted by Crippen LogP contribution is 2.42. The Morgan fingerprint density at radius 1 is 0.979 bits per heavy atom. The molecule has 3 aliphatic heterocycles. The van der Waals surface area contributed by atoms with Crippen LogP contribution in [-0.4, -0.2) is 68.3 Å². The molecule has 4 N–H and O–H groups in total. The van der Waals surface area contributed by atoms with Crippen LogP contribution in [0.15, 0.2) is 18.2 Å². The number of aliphatic hydroxyl groups excluding tert-OH is 2. The molecule has 3 aromatic rings. The number of H-pyrrole nitrogens is 2. The minimum Gasteiger partial charge on any atom is -0.469 e. The summed E-state index contributed by atoms with van der Waals surface area (Å²) >= 11 is 0. The predicted molar refractivity (Wildman–Crippen MR) is 186 cm³/mol. The van der Waals surface area contributed by atoms with Crippen molar-refractivity contribution < 1.29 is 29.2 Å². The second-order valence-electron chi connectivity index (χ2n) is 13.5. The van der Waals surface area contributed by atoms with Crippen molar-refractivity contribution in [1.82, 2.24) is 19.9 Å². The molecule has 6 rings (SSSR count). The maximum atomic E-state index is 12.2. The molecule has 48 heavy (non-hydrogen) atoms. The van der Waals surface area contributed by atoms with Crippen LogP contribution in [0.25, 0.3) is 33.7 Å². The van der Waals surface area contributed by atoms with E-state index in [4.69, 9.17) is 24.2 Å². The zero-order chi connectivity index (χ0) is 34.3. The number of methoxy groups -OCH3 is 1. The Balaban J connectivity index is 1.57. The van der Waals surface area contributed by atoms with E-state index in [9.17, 15) is 15.0 Å². The monoisotopic (exact) mass is 656 g/mol. The molecule has 3 aromatic heterocycles. The Morgan fingerprint density at radius 3 is 2.40 bits per heavy atom. The van der Waals surface area contributed by atoms with Gasteiger partial charge in [-0.25, -0.2) is 4.98 Å². The molecule has 10 heteroatoms. The molecule has 6 heterocycles. The number of rotatable bonds is 8.